The van der Waals surface area contributed by atoms with Crippen molar-refractivity contribution >= 4 is 27.5 Å². The van der Waals surface area contributed by atoms with Crippen LogP contribution in [0.15, 0.2) is 24.3 Å². The van der Waals surface area contributed by atoms with Crippen LogP contribution in [0.3, 0.4) is 0 Å². The van der Waals surface area contributed by atoms with Gasteiger partial charge in [0.25, 0.3) is 0 Å². The van der Waals surface area contributed by atoms with Crippen LogP contribution in [0.1, 0.15) is 63.9 Å². The third kappa shape index (κ3) is 4.83. The molecule has 6 heterocycles. The van der Waals surface area contributed by atoms with Crippen molar-refractivity contribution in [1.29, 1.82) is 0 Å². The number of aromatic nitrogens is 3. The summed E-state index contributed by atoms with van der Waals surface area (Å²) in [5.41, 5.74) is -0.649. The number of ether oxygens (including phenoxy) is 2. The zero-order valence-electron chi connectivity index (χ0n) is 26.2. The first-order valence-corrected chi connectivity index (χ1v) is 16.6. The standard InChI is InChI=1S/C36H36F3N5O3/c1-3-23-25(38)11-10-20-15-22(45)16-24(28(20)23)31-30(39)32-29-33(44-14-7-5-6-9-26(44)27(4-2)47-34(29)40-31)42-35(41-32)46-19-36-12-8-13-43(36)18-21(37)17-36/h1,10-11,15-16,21,26-27,45H,4-9,12-14,17-19H2,2H3/t21-,26+,27-,36?/m1/s1. The fraction of sp³-hybridized carbons (Fsp3) is 0.472. The van der Waals surface area contributed by atoms with Gasteiger partial charge in [0.2, 0.25) is 5.88 Å². The molecule has 1 unspecified atom stereocenters. The summed E-state index contributed by atoms with van der Waals surface area (Å²) in [4.78, 5) is 18.6. The van der Waals surface area contributed by atoms with Gasteiger partial charge in [-0.25, -0.2) is 18.2 Å². The number of nitrogens with zero attached hydrogens (tertiary/aromatic N) is 5. The summed E-state index contributed by atoms with van der Waals surface area (Å²) >= 11 is 0. The Morgan fingerprint density at radius 2 is 1.98 bits per heavy atom. The van der Waals surface area contributed by atoms with Crippen molar-refractivity contribution in [2.75, 3.05) is 31.1 Å². The quantitative estimate of drug-likeness (QED) is 0.241. The predicted octanol–water partition coefficient (Wildman–Crippen LogP) is 6.69. The first-order chi connectivity index (χ1) is 22.8. The number of fused-ring (bicyclic) bond motifs is 4. The van der Waals surface area contributed by atoms with Crippen LogP contribution in [0.25, 0.3) is 32.9 Å². The van der Waals surface area contributed by atoms with Gasteiger partial charge >= 0.3 is 6.01 Å². The van der Waals surface area contributed by atoms with Gasteiger partial charge in [0, 0.05) is 30.5 Å². The van der Waals surface area contributed by atoms with E-state index in [0.717, 1.165) is 45.1 Å². The van der Waals surface area contributed by atoms with Crippen molar-refractivity contribution in [3.05, 3.63) is 41.5 Å². The Balaban J connectivity index is 1.36. The molecule has 2 aromatic heterocycles. The largest absolute Gasteiger partial charge is 0.508 e. The Hall–Kier alpha value is -4.30. The molecule has 4 atom stereocenters. The number of rotatable bonds is 5. The molecule has 3 fully saturated rings. The normalized spacial score (nSPS) is 25.6. The molecule has 4 aliphatic rings. The van der Waals surface area contributed by atoms with E-state index in [0.29, 0.717) is 42.5 Å². The number of terminal acetylenes is 1. The van der Waals surface area contributed by atoms with Gasteiger partial charge in [0.15, 0.2) is 5.82 Å². The molecular weight excluding hydrogens is 607 g/mol. The van der Waals surface area contributed by atoms with Crippen molar-refractivity contribution in [2.45, 2.75) is 82.1 Å². The van der Waals surface area contributed by atoms with Gasteiger partial charge in [-0.05, 0) is 62.2 Å². The Kier molecular flexibility index (Phi) is 7.32. The van der Waals surface area contributed by atoms with E-state index in [1.165, 1.54) is 24.3 Å². The highest BCUT2D eigenvalue weighted by Crippen LogP contribution is 2.46. The van der Waals surface area contributed by atoms with E-state index in [-0.39, 0.29) is 64.1 Å². The first kappa shape index (κ1) is 30.1. The number of aromatic hydroxyl groups is 1. The minimum absolute atomic E-state index is 0.00731. The van der Waals surface area contributed by atoms with E-state index in [1.54, 1.807) is 0 Å². The first-order valence-electron chi connectivity index (χ1n) is 16.6. The molecule has 8 rings (SSSR count). The Morgan fingerprint density at radius 3 is 2.81 bits per heavy atom. The molecule has 2 aromatic carbocycles. The minimum Gasteiger partial charge on any atom is -0.508 e. The minimum atomic E-state index is -0.925. The van der Waals surface area contributed by atoms with Crippen LogP contribution in [0.2, 0.25) is 0 Å². The molecule has 0 spiro atoms. The average molecular weight is 644 g/mol. The van der Waals surface area contributed by atoms with Crippen LogP contribution in [0, 0.1) is 24.0 Å². The lowest BCUT2D eigenvalue weighted by atomic mass is 9.95. The molecule has 0 aliphatic carbocycles. The lowest BCUT2D eigenvalue weighted by molar-refractivity contribution is 0.107. The lowest BCUT2D eigenvalue weighted by Gasteiger charge is -2.34. The highest BCUT2D eigenvalue weighted by Gasteiger charge is 2.49. The summed E-state index contributed by atoms with van der Waals surface area (Å²) in [7, 11) is 0. The van der Waals surface area contributed by atoms with Crippen molar-refractivity contribution in [2.24, 2.45) is 0 Å². The van der Waals surface area contributed by atoms with Gasteiger partial charge < -0.3 is 19.5 Å². The fourth-order valence-corrected chi connectivity index (χ4v) is 8.40. The fourth-order valence-electron chi connectivity index (χ4n) is 8.40. The van der Waals surface area contributed by atoms with Crippen LogP contribution < -0.4 is 14.4 Å². The number of halogens is 3. The summed E-state index contributed by atoms with van der Waals surface area (Å²) in [6.07, 6.45) is 11.2. The number of benzene rings is 2. The van der Waals surface area contributed by atoms with E-state index in [4.69, 9.17) is 25.9 Å². The Labute approximate surface area is 270 Å². The zero-order valence-corrected chi connectivity index (χ0v) is 26.2. The van der Waals surface area contributed by atoms with E-state index in [2.05, 4.69) is 20.7 Å². The zero-order chi connectivity index (χ0) is 32.4. The van der Waals surface area contributed by atoms with E-state index >= 15 is 4.39 Å². The molecule has 0 bridgehead atoms. The summed E-state index contributed by atoms with van der Waals surface area (Å²) in [5, 5.41) is 11.7. The maximum absolute atomic E-state index is 17.1. The van der Waals surface area contributed by atoms with Gasteiger partial charge in [-0.1, -0.05) is 31.8 Å². The van der Waals surface area contributed by atoms with Crippen molar-refractivity contribution < 1.29 is 27.8 Å². The summed E-state index contributed by atoms with van der Waals surface area (Å²) in [5.74, 6) is 1.43. The van der Waals surface area contributed by atoms with Crippen LogP contribution in [0.5, 0.6) is 17.6 Å². The maximum Gasteiger partial charge on any atom is 0.319 e. The average Bonchev–Trinajstić information content (AvgIpc) is 3.42. The monoisotopic (exact) mass is 643 g/mol. The molecule has 8 nitrogen and oxygen atoms in total. The maximum atomic E-state index is 17.1. The number of phenols is 1. The second kappa shape index (κ2) is 11.4. The molecule has 0 radical (unpaired) electrons. The van der Waals surface area contributed by atoms with Gasteiger partial charge in [0.1, 0.15) is 52.9 Å². The Morgan fingerprint density at radius 1 is 1.11 bits per heavy atom. The topological polar surface area (TPSA) is 83.8 Å². The van der Waals surface area contributed by atoms with E-state index in [1.807, 2.05) is 6.92 Å². The number of hydrogen-bond donors (Lipinski definition) is 1. The predicted molar refractivity (Wildman–Crippen MR) is 173 cm³/mol. The molecule has 3 saturated heterocycles. The number of anilines is 1. The van der Waals surface area contributed by atoms with Crippen molar-refractivity contribution in [3.63, 3.8) is 0 Å². The molecule has 1 N–H and O–H groups in total. The molecule has 4 aromatic rings. The van der Waals surface area contributed by atoms with Crippen LogP contribution in [0.4, 0.5) is 19.0 Å². The summed E-state index contributed by atoms with van der Waals surface area (Å²) < 4.78 is 59.6. The summed E-state index contributed by atoms with van der Waals surface area (Å²) in [6, 6.07) is 5.43. The van der Waals surface area contributed by atoms with Gasteiger partial charge in [-0.2, -0.15) is 9.97 Å². The van der Waals surface area contributed by atoms with Gasteiger partial charge in [-0.15, -0.1) is 6.42 Å². The van der Waals surface area contributed by atoms with Crippen LogP contribution >= 0.6 is 0 Å². The lowest BCUT2D eigenvalue weighted by Crippen LogP contribution is -2.45. The number of pyridine rings is 1. The molecular formula is C36H36F3N5O3. The smallest absolute Gasteiger partial charge is 0.319 e. The molecule has 47 heavy (non-hydrogen) atoms. The van der Waals surface area contributed by atoms with Crippen LogP contribution in [-0.4, -0.2) is 75.1 Å². The molecule has 4 aliphatic heterocycles. The third-order valence-corrected chi connectivity index (χ3v) is 10.6. The highest BCUT2D eigenvalue weighted by atomic mass is 19.1. The number of alkyl halides is 1. The summed E-state index contributed by atoms with van der Waals surface area (Å²) in [6.45, 7) is 4.11. The molecule has 244 valence electrons. The SMILES string of the molecule is C#Cc1c(F)ccc2cc(O)cc(-c3nc4c5c(nc(OCC67CCCN6C[C@H](F)C7)nc5c3F)N3CCCCC[C@H]3[C@@H](CC)O4)c12. The Bertz CT molecular complexity index is 1950. The van der Waals surface area contributed by atoms with Crippen LogP contribution in [-0.2, 0) is 0 Å². The second-order valence-corrected chi connectivity index (χ2v) is 13.3. The molecule has 0 saturated carbocycles. The molecule has 0 amide bonds. The molecule has 11 heteroatoms. The van der Waals surface area contributed by atoms with E-state index in [9.17, 15) is 13.9 Å². The number of phenolic OH excluding ortho intramolecular Hbond substituents is 1. The van der Waals surface area contributed by atoms with Crippen molar-refractivity contribution in [3.8, 4) is 41.2 Å². The van der Waals surface area contributed by atoms with E-state index < -0.39 is 23.3 Å². The third-order valence-electron chi connectivity index (χ3n) is 10.6. The highest BCUT2D eigenvalue weighted by molar-refractivity contribution is 6.04. The van der Waals surface area contributed by atoms with Crippen molar-refractivity contribution in [1.82, 2.24) is 19.9 Å². The second-order valence-electron chi connectivity index (χ2n) is 13.3. The van der Waals surface area contributed by atoms with Gasteiger partial charge in [-0.3, -0.25) is 4.90 Å². The number of hydrogen-bond acceptors (Lipinski definition) is 8. The van der Waals surface area contributed by atoms with Gasteiger partial charge in [0.05, 0.1) is 17.1 Å².